The van der Waals surface area contributed by atoms with Gasteiger partial charge in [-0.3, -0.25) is 9.25 Å². The minimum Gasteiger partial charge on any atom is -0.374 e. The molecule has 3 rings (SSSR count). The number of nitrogens with zero attached hydrogens (tertiary/aromatic N) is 4. The first-order valence-electron chi connectivity index (χ1n) is 6.48. The summed E-state index contributed by atoms with van der Waals surface area (Å²) in [5, 5.41) is 4.43. The van der Waals surface area contributed by atoms with E-state index in [0.29, 0.717) is 0 Å². The molecule has 7 heteroatoms. The van der Waals surface area contributed by atoms with Crippen LogP contribution in [-0.2, 0) is 18.3 Å². The number of nitrogens with one attached hydrogen (secondary N) is 1. The van der Waals surface area contributed by atoms with Gasteiger partial charge < -0.3 is 14.6 Å². The zero-order valence-corrected chi connectivity index (χ0v) is 12.3. The standard InChI is InChI=1S/C12H19N5OS/c1-8-10-11(16(3)14-8)17(12(19)13-10)7-9-6-15(2)4-5-18-9/h9H,4-7H2,1-3H3,(H,13,19). The number of imidazole rings is 1. The number of rotatable bonds is 2. The molecular formula is C12H19N5OS. The Bertz CT molecular complexity index is 655. The number of hydrogen-bond donors (Lipinski definition) is 1. The van der Waals surface area contributed by atoms with Gasteiger partial charge in [0.05, 0.1) is 24.9 Å². The first-order valence-corrected chi connectivity index (χ1v) is 6.89. The Balaban J connectivity index is 1.96. The molecule has 1 aliphatic heterocycles. The van der Waals surface area contributed by atoms with E-state index in [0.717, 1.165) is 47.9 Å². The fraction of sp³-hybridized carbons (Fsp3) is 0.667. The van der Waals surface area contributed by atoms with Gasteiger partial charge in [0, 0.05) is 20.1 Å². The summed E-state index contributed by atoms with van der Waals surface area (Å²) in [5.74, 6) is 0. The van der Waals surface area contributed by atoms with Gasteiger partial charge in [-0.15, -0.1) is 0 Å². The van der Waals surface area contributed by atoms with Crippen LogP contribution in [-0.4, -0.2) is 57.1 Å². The first kappa shape index (κ1) is 12.8. The molecule has 1 unspecified atom stereocenters. The van der Waals surface area contributed by atoms with E-state index in [1.54, 1.807) is 0 Å². The van der Waals surface area contributed by atoms with Crippen molar-refractivity contribution in [3.8, 4) is 0 Å². The van der Waals surface area contributed by atoms with Crippen LogP contribution in [0.1, 0.15) is 5.69 Å². The van der Waals surface area contributed by atoms with Gasteiger partial charge in [-0.1, -0.05) is 0 Å². The van der Waals surface area contributed by atoms with Crippen molar-refractivity contribution in [3.05, 3.63) is 10.5 Å². The summed E-state index contributed by atoms with van der Waals surface area (Å²) < 4.78 is 10.5. The van der Waals surface area contributed by atoms with Gasteiger partial charge in [-0.05, 0) is 26.2 Å². The normalized spacial score (nSPS) is 21.3. The van der Waals surface area contributed by atoms with E-state index in [1.807, 2.05) is 18.7 Å². The van der Waals surface area contributed by atoms with Gasteiger partial charge >= 0.3 is 0 Å². The second-order valence-electron chi connectivity index (χ2n) is 5.20. The van der Waals surface area contributed by atoms with Crippen molar-refractivity contribution in [2.75, 3.05) is 26.7 Å². The Morgan fingerprint density at radius 3 is 3.00 bits per heavy atom. The molecule has 1 N–H and O–H groups in total. The molecule has 2 aromatic heterocycles. The molecule has 0 aliphatic carbocycles. The highest BCUT2D eigenvalue weighted by Gasteiger charge is 2.21. The van der Waals surface area contributed by atoms with Crippen molar-refractivity contribution in [3.63, 3.8) is 0 Å². The van der Waals surface area contributed by atoms with Crippen molar-refractivity contribution in [1.29, 1.82) is 0 Å². The summed E-state index contributed by atoms with van der Waals surface area (Å²) in [5.41, 5.74) is 3.04. The maximum absolute atomic E-state index is 5.82. The Morgan fingerprint density at radius 2 is 2.26 bits per heavy atom. The van der Waals surface area contributed by atoms with E-state index in [2.05, 4.69) is 26.6 Å². The van der Waals surface area contributed by atoms with Crippen LogP contribution in [0.2, 0.25) is 0 Å². The summed E-state index contributed by atoms with van der Waals surface area (Å²) in [6, 6.07) is 0. The molecule has 1 aliphatic rings. The molecular weight excluding hydrogens is 262 g/mol. The molecule has 2 aromatic rings. The molecule has 1 saturated heterocycles. The third kappa shape index (κ3) is 2.22. The lowest BCUT2D eigenvalue weighted by Crippen LogP contribution is -2.42. The lowest BCUT2D eigenvalue weighted by Gasteiger charge is -2.30. The third-order valence-electron chi connectivity index (χ3n) is 3.65. The Kier molecular flexibility index (Phi) is 3.20. The first-order chi connectivity index (χ1) is 9.06. The summed E-state index contributed by atoms with van der Waals surface area (Å²) >= 11 is 5.42. The number of hydrogen-bond acceptors (Lipinski definition) is 4. The third-order valence-corrected chi connectivity index (χ3v) is 3.98. The highest BCUT2D eigenvalue weighted by atomic mass is 32.1. The molecule has 0 saturated carbocycles. The average molecular weight is 281 g/mol. The summed E-state index contributed by atoms with van der Waals surface area (Å²) in [6.45, 7) is 5.47. The molecule has 0 spiro atoms. The van der Waals surface area contributed by atoms with E-state index in [4.69, 9.17) is 17.0 Å². The molecule has 1 atom stereocenters. The van der Waals surface area contributed by atoms with Crippen LogP contribution >= 0.6 is 12.2 Å². The van der Waals surface area contributed by atoms with Gasteiger partial charge in [0.2, 0.25) is 0 Å². The Labute approximate surface area is 117 Å². The van der Waals surface area contributed by atoms with Crippen molar-refractivity contribution < 1.29 is 4.74 Å². The van der Waals surface area contributed by atoms with Crippen molar-refractivity contribution in [2.24, 2.45) is 7.05 Å². The topological polar surface area (TPSA) is 51.0 Å². The van der Waals surface area contributed by atoms with Crippen molar-refractivity contribution in [2.45, 2.75) is 19.6 Å². The van der Waals surface area contributed by atoms with Crippen LogP contribution in [0.3, 0.4) is 0 Å². The lowest BCUT2D eigenvalue weighted by atomic mass is 10.3. The van der Waals surface area contributed by atoms with E-state index >= 15 is 0 Å². The minimum atomic E-state index is 0.180. The number of likely N-dealkylation sites (N-methyl/N-ethyl adjacent to an activating group) is 1. The predicted octanol–water partition coefficient (Wildman–Crippen LogP) is 1.07. The second kappa shape index (κ2) is 4.73. The monoisotopic (exact) mass is 281 g/mol. The Hall–Kier alpha value is -1.18. The van der Waals surface area contributed by atoms with E-state index in [9.17, 15) is 0 Å². The average Bonchev–Trinajstić information content (AvgIpc) is 2.80. The van der Waals surface area contributed by atoms with E-state index < -0.39 is 0 Å². The van der Waals surface area contributed by atoms with Crippen LogP contribution in [0.4, 0.5) is 0 Å². The fourth-order valence-corrected chi connectivity index (χ4v) is 2.99. The molecule has 0 bridgehead atoms. The highest BCUT2D eigenvalue weighted by Crippen LogP contribution is 2.18. The maximum atomic E-state index is 5.82. The number of ether oxygens (including phenoxy) is 1. The molecule has 0 radical (unpaired) electrons. The maximum Gasteiger partial charge on any atom is 0.179 e. The highest BCUT2D eigenvalue weighted by molar-refractivity contribution is 7.71. The van der Waals surface area contributed by atoms with Crippen molar-refractivity contribution >= 4 is 23.4 Å². The predicted molar refractivity (Wildman–Crippen MR) is 75.9 cm³/mol. The second-order valence-corrected chi connectivity index (χ2v) is 5.59. The molecule has 3 heterocycles. The summed E-state index contributed by atoms with van der Waals surface area (Å²) in [6.07, 6.45) is 0.180. The largest absolute Gasteiger partial charge is 0.374 e. The zero-order chi connectivity index (χ0) is 13.6. The van der Waals surface area contributed by atoms with E-state index in [-0.39, 0.29) is 6.10 Å². The summed E-state index contributed by atoms with van der Waals surface area (Å²) in [7, 11) is 4.07. The van der Waals surface area contributed by atoms with E-state index in [1.165, 1.54) is 0 Å². The van der Waals surface area contributed by atoms with Crippen LogP contribution in [0.5, 0.6) is 0 Å². The molecule has 6 nitrogen and oxygen atoms in total. The van der Waals surface area contributed by atoms with Gasteiger partial charge in [0.15, 0.2) is 10.4 Å². The minimum absolute atomic E-state index is 0.180. The van der Waals surface area contributed by atoms with Crippen LogP contribution in [0.15, 0.2) is 0 Å². The SMILES string of the molecule is Cc1nn(C)c2c1[nH]c(=S)n2CC1CN(C)CCO1. The number of aryl methyl sites for hydroxylation is 2. The van der Waals surface area contributed by atoms with Gasteiger partial charge in [0.1, 0.15) is 5.52 Å². The van der Waals surface area contributed by atoms with Crippen molar-refractivity contribution in [1.82, 2.24) is 24.2 Å². The lowest BCUT2D eigenvalue weighted by molar-refractivity contribution is -0.0272. The molecule has 0 amide bonds. The number of aromatic amines is 1. The number of aromatic nitrogens is 4. The number of morpholine rings is 1. The molecule has 104 valence electrons. The van der Waals surface area contributed by atoms with Crippen LogP contribution in [0, 0.1) is 11.7 Å². The molecule has 0 aromatic carbocycles. The summed E-state index contributed by atoms with van der Waals surface area (Å²) in [4.78, 5) is 5.53. The Morgan fingerprint density at radius 1 is 1.47 bits per heavy atom. The van der Waals surface area contributed by atoms with Gasteiger partial charge in [-0.2, -0.15) is 5.10 Å². The smallest absolute Gasteiger partial charge is 0.179 e. The zero-order valence-electron chi connectivity index (χ0n) is 11.5. The van der Waals surface area contributed by atoms with Crippen LogP contribution in [0.25, 0.3) is 11.2 Å². The van der Waals surface area contributed by atoms with Crippen LogP contribution < -0.4 is 0 Å². The fourth-order valence-electron chi connectivity index (χ4n) is 2.72. The number of fused-ring (bicyclic) bond motifs is 1. The molecule has 1 fully saturated rings. The van der Waals surface area contributed by atoms with Gasteiger partial charge in [0.25, 0.3) is 0 Å². The van der Waals surface area contributed by atoms with Gasteiger partial charge in [-0.25, -0.2) is 0 Å². The quantitative estimate of drug-likeness (QED) is 0.837. The molecule has 19 heavy (non-hydrogen) atoms. The number of H-pyrrole nitrogens is 1.